The first-order valence-corrected chi connectivity index (χ1v) is 10.3. The number of aromatic nitrogens is 3. The van der Waals surface area contributed by atoms with E-state index in [1.165, 1.54) is 30.2 Å². The molecule has 1 heterocycles. The number of carbonyl (C=O) groups is 1. The van der Waals surface area contributed by atoms with Gasteiger partial charge in [-0.05, 0) is 42.8 Å². The van der Waals surface area contributed by atoms with E-state index in [0.29, 0.717) is 10.2 Å². The van der Waals surface area contributed by atoms with Crippen molar-refractivity contribution < 1.29 is 18.0 Å². The summed E-state index contributed by atoms with van der Waals surface area (Å²) in [6, 6.07) is 10.2. The number of halogens is 4. The molecule has 3 rings (SSSR count). The lowest BCUT2D eigenvalue weighted by atomic mass is 10.1. The molecule has 5 nitrogen and oxygen atoms in total. The molecule has 0 unspecified atom stereocenters. The molecule has 2 aromatic carbocycles. The Kier molecular flexibility index (Phi) is 7.25. The Balaban J connectivity index is 1.53. The Morgan fingerprint density at radius 2 is 2.06 bits per heavy atom. The van der Waals surface area contributed by atoms with Crippen molar-refractivity contribution in [3.8, 4) is 17.5 Å². The molecule has 31 heavy (non-hydrogen) atoms. The van der Waals surface area contributed by atoms with Crippen LogP contribution >= 0.6 is 23.4 Å². The summed E-state index contributed by atoms with van der Waals surface area (Å²) >= 11 is 7.35. The van der Waals surface area contributed by atoms with Crippen molar-refractivity contribution in [1.29, 1.82) is 0 Å². The predicted molar refractivity (Wildman–Crippen MR) is 113 cm³/mol. The first-order chi connectivity index (χ1) is 14.7. The van der Waals surface area contributed by atoms with E-state index in [9.17, 15) is 18.0 Å². The van der Waals surface area contributed by atoms with E-state index in [1.54, 1.807) is 10.6 Å². The van der Waals surface area contributed by atoms with Crippen molar-refractivity contribution >= 4 is 29.3 Å². The van der Waals surface area contributed by atoms with Crippen LogP contribution in [0, 0.1) is 18.8 Å². The molecule has 0 aliphatic carbocycles. The summed E-state index contributed by atoms with van der Waals surface area (Å²) in [7, 11) is 0. The van der Waals surface area contributed by atoms with E-state index in [-0.39, 0.29) is 23.8 Å². The normalized spacial score (nSPS) is 11.0. The minimum Gasteiger partial charge on any atom is -0.344 e. The lowest BCUT2D eigenvalue weighted by Crippen LogP contribution is -2.25. The third-order valence-electron chi connectivity index (χ3n) is 4.08. The number of amides is 1. The van der Waals surface area contributed by atoms with Gasteiger partial charge < -0.3 is 5.32 Å². The van der Waals surface area contributed by atoms with Crippen molar-refractivity contribution in [3.05, 3.63) is 70.5 Å². The number of nitrogens with one attached hydrogen (secondary N) is 1. The molecule has 160 valence electrons. The van der Waals surface area contributed by atoms with E-state index in [2.05, 4.69) is 27.4 Å². The summed E-state index contributed by atoms with van der Waals surface area (Å²) in [4.78, 5) is 12.1. The van der Waals surface area contributed by atoms with Crippen LogP contribution in [0.5, 0.6) is 0 Å². The minimum atomic E-state index is -4.42. The summed E-state index contributed by atoms with van der Waals surface area (Å²) in [6.07, 6.45) is -2.89. The average molecular weight is 465 g/mol. The monoisotopic (exact) mass is 464 g/mol. The average Bonchev–Trinajstić information content (AvgIpc) is 3.20. The van der Waals surface area contributed by atoms with Gasteiger partial charge in [0.05, 0.1) is 23.5 Å². The highest BCUT2D eigenvalue weighted by molar-refractivity contribution is 7.99. The number of benzene rings is 2. The number of hydrogen-bond donors (Lipinski definition) is 1. The van der Waals surface area contributed by atoms with Crippen LogP contribution < -0.4 is 5.32 Å². The second-order valence-corrected chi connectivity index (χ2v) is 7.71. The molecule has 0 atom stereocenters. The van der Waals surface area contributed by atoms with Crippen molar-refractivity contribution in [2.45, 2.75) is 18.3 Å². The molecular formula is C21H16ClF3N4OS. The molecule has 1 amide bonds. The van der Waals surface area contributed by atoms with Gasteiger partial charge in [-0.15, -0.1) is 10.2 Å². The van der Waals surface area contributed by atoms with Crippen LogP contribution in [0.3, 0.4) is 0 Å². The van der Waals surface area contributed by atoms with Gasteiger partial charge in [-0.2, -0.15) is 13.2 Å². The molecule has 0 fully saturated rings. The Bertz CT molecular complexity index is 1150. The third-order valence-corrected chi connectivity index (χ3v) is 5.43. The molecule has 1 N–H and O–H groups in total. The summed E-state index contributed by atoms with van der Waals surface area (Å²) < 4.78 is 39.9. The van der Waals surface area contributed by atoms with Gasteiger partial charge in [0.2, 0.25) is 5.91 Å². The number of thioether (sulfide) groups is 1. The number of carbonyl (C=O) groups excluding carboxylic acids is 1. The van der Waals surface area contributed by atoms with Crippen molar-refractivity contribution in [2.24, 2.45) is 0 Å². The van der Waals surface area contributed by atoms with Crippen LogP contribution in [0.15, 0.2) is 53.9 Å². The zero-order chi connectivity index (χ0) is 22.4. The lowest BCUT2D eigenvalue weighted by molar-refractivity contribution is -0.137. The Labute approximate surface area is 186 Å². The minimum absolute atomic E-state index is 0.00982. The molecule has 0 saturated carbocycles. The molecule has 0 bridgehead atoms. The Morgan fingerprint density at radius 3 is 2.81 bits per heavy atom. The molecule has 1 aromatic heterocycles. The standard InChI is InChI=1S/C21H16ClF3N4OS/c1-14-7-8-17(11-18(14)22)29-13-27-28-20(29)31-12-19(30)26-9-3-5-15-4-2-6-16(10-15)21(23,24)25/h2,4,6-8,10-11,13H,9,12H2,1H3,(H,26,30). The van der Waals surface area contributed by atoms with Gasteiger partial charge in [0.15, 0.2) is 5.16 Å². The molecule has 0 radical (unpaired) electrons. The van der Waals surface area contributed by atoms with Gasteiger partial charge in [-0.25, -0.2) is 0 Å². The fraction of sp³-hybridized carbons (Fsp3) is 0.190. The summed E-state index contributed by atoms with van der Waals surface area (Å²) in [5, 5.41) is 11.6. The lowest BCUT2D eigenvalue weighted by Gasteiger charge is -2.07. The van der Waals surface area contributed by atoms with Crippen LogP contribution in [0.4, 0.5) is 13.2 Å². The Morgan fingerprint density at radius 1 is 1.26 bits per heavy atom. The van der Waals surface area contributed by atoms with Crippen LogP contribution in [0.2, 0.25) is 5.02 Å². The fourth-order valence-electron chi connectivity index (χ4n) is 2.47. The van der Waals surface area contributed by atoms with Crippen molar-refractivity contribution in [3.63, 3.8) is 0 Å². The second-order valence-electron chi connectivity index (χ2n) is 6.36. The smallest absolute Gasteiger partial charge is 0.344 e. The highest BCUT2D eigenvalue weighted by Crippen LogP contribution is 2.29. The van der Waals surface area contributed by atoms with Crippen LogP contribution in [0.1, 0.15) is 16.7 Å². The molecular weight excluding hydrogens is 449 g/mol. The second kappa shape index (κ2) is 9.90. The van der Waals surface area contributed by atoms with E-state index in [0.717, 1.165) is 23.4 Å². The van der Waals surface area contributed by atoms with Crippen LogP contribution in [-0.4, -0.2) is 33.0 Å². The summed E-state index contributed by atoms with van der Waals surface area (Å²) in [5.74, 6) is 5.04. The van der Waals surface area contributed by atoms with Gasteiger partial charge in [0.25, 0.3) is 0 Å². The van der Waals surface area contributed by atoms with E-state index >= 15 is 0 Å². The number of nitrogens with zero attached hydrogens (tertiary/aromatic N) is 3. The molecule has 3 aromatic rings. The quantitative estimate of drug-likeness (QED) is 0.446. The number of alkyl halides is 3. The highest BCUT2D eigenvalue weighted by Gasteiger charge is 2.30. The molecule has 10 heteroatoms. The molecule has 0 spiro atoms. The maximum Gasteiger partial charge on any atom is 0.416 e. The fourth-order valence-corrected chi connectivity index (χ4v) is 3.41. The highest BCUT2D eigenvalue weighted by atomic mass is 35.5. The first kappa shape index (κ1) is 22.7. The molecule has 0 saturated heterocycles. The van der Waals surface area contributed by atoms with E-state index in [1.807, 2.05) is 19.1 Å². The van der Waals surface area contributed by atoms with Crippen LogP contribution in [0.25, 0.3) is 5.69 Å². The van der Waals surface area contributed by atoms with Gasteiger partial charge in [-0.3, -0.25) is 9.36 Å². The van der Waals surface area contributed by atoms with Gasteiger partial charge >= 0.3 is 6.18 Å². The van der Waals surface area contributed by atoms with Gasteiger partial charge in [-0.1, -0.05) is 47.3 Å². The number of rotatable bonds is 5. The predicted octanol–water partition coefficient (Wildman–Crippen LogP) is 4.51. The molecule has 0 aliphatic rings. The van der Waals surface area contributed by atoms with E-state index < -0.39 is 11.7 Å². The topological polar surface area (TPSA) is 59.8 Å². The zero-order valence-electron chi connectivity index (χ0n) is 16.2. The Hall–Kier alpha value is -2.96. The zero-order valence-corrected chi connectivity index (χ0v) is 17.8. The van der Waals surface area contributed by atoms with Crippen molar-refractivity contribution in [2.75, 3.05) is 12.3 Å². The summed E-state index contributed by atoms with van der Waals surface area (Å²) in [6.45, 7) is 1.91. The van der Waals surface area contributed by atoms with E-state index in [4.69, 9.17) is 11.6 Å². The maximum atomic E-state index is 12.7. The van der Waals surface area contributed by atoms with Crippen LogP contribution in [-0.2, 0) is 11.0 Å². The first-order valence-electron chi connectivity index (χ1n) is 8.96. The third kappa shape index (κ3) is 6.26. The van der Waals surface area contributed by atoms with Gasteiger partial charge in [0, 0.05) is 10.6 Å². The number of hydrogen-bond acceptors (Lipinski definition) is 4. The van der Waals surface area contributed by atoms with Gasteiger partial charge in [0.1, 0.15) is 6.33 Å². The number of aryl methyl sites for hydroxylation is 1. The maximum absolute atomic E-state index is 12.7. The van der Waals surface area contributed by atoms with Crippen molar-refractivity contribution in [1.82, 2.24) is 20.1 Å². The summed E-state index contributed by atoms with van der Waals surface area (Å²) in [5.41, 5.74) is 1.18. The molecule has 0 aliphatic heterocycles. The largest absolute Gasteiger partial charge is 0.416 e. The SMILES string of the molecule is Cc1ccc(-n2cnnc2SCC(=O)NCC#Cc2cccc(C(F)(F)F)c2)cc1Cl.